The van der Waals surface area contributed by atoms with Gasteiger partial charge in [0, 0.05) is 6.20 Å². The minimum absolute atomic E-state index is 0.384. The van der Waals surface area contributed by atoms with Crippen LogP contribution in [0.2, 0.25) is 0 Å². The van der Waals surface area contributed by atoms with Gasteiger partial charge in [0.15, 0.2) is 0 Å². The van der Waals surface area contributed by atoms with E-state index in [1.54, 1.807) is 6.20 Å². The largest absolute Gasteiger partial charge is 0.481 e. The van der Waals surface area contributed by atoms with E-state index >= 15 is 0 Å². The Bertz CT molecular complexity index is 335. The van der Waals surface area contributed by atoms with Gasteiger partial charge in [-0.3, -0.25) is 9.78 Å². The molecule has 1 aromatic heterocycles. The Labute approximate surface area is 76.4 Å². The number of hydrogen-bond donors (Lipinski definition) is 1. The smallest absolute Gasteiger partial charge is 0.312 e. The van der Waals surface area contributed by atoms with Gasteiger partial charge in [-0.15, -0.1) is 0 Å². The van der Waals surface area contributed by atoms with E-state index < -0.39 is 5.97 Å². The van der Waals surface area contributed by atoms with Crippen LogP contribution >= 0.6 is 0 Å². The van der Waals surface area contributed by atoms with Gasteiger partial charge in [-0.1, -0.05) is 6.07 Å². The molecule has 1 N–H and O–H groups in total. The third-order valence-electron chi connectivity index (χ3n) is 2.49. The number of hydrogen-bond acceptors (Lipinski definition) is 2. The first-order chi connectivity index (χ1) is 6.29. The third-order valence-corrected chi connectivity index (χ3v) is 2.49. The van der Waals surface area contributed by atoms with Crippen LogP contribution in [0, 0.1) is 0 Å². The van der Waals surface area contributed by atoms with Crippen LogP contribution in [0.3, 0.4) is 0 Å². The van der Waals surface area contributed by atoms with Gasteiger partial charge >= 0.3 is 5.97 Å². The number of nitrogens with zero attached hydrogens (tertiary/aromatic N) is 1. The lowest BCUT2D eigenvalue weighted by Gasteiger charge is -2.20. The predicted molar refractivity (Wildman–Crippen MR) is 47.6 cm³/mol. The number of aryl methyl sites for hydroxylation is 1. The molecule has 0 spiro atoms. The van der Waals surface area contributed by atoms with E-state index in [2.05, 4.69) is 4.98 Å². The van der Waals surface area contributed by atoms with Crippen LogP contribution in [0.25, 0.3) is 0 Å². The van der Waals surface area contributed by atoms with E-state index in [0.717, 1.165) is 30.5 Å². The molecular weight excluding hydrogens is 166 g/mol. The molecule has 68 valence electrons. The number of rotatable bonds is 1. The molecule has 0 bridgehead atoms. The van der Waals surface area contributed by atoms with Crippen molar-refractivity contribution in [2.75, 3.05) is 0 Å². The molecular formula is C10H11NO2. The number of carbonyl (C=O) groups is 1. The van der Waals surface area contributed by atoms with Gasteiger partial charge in [-0.05, 0) is 30.9 Å². The monoisotopic (exact) mass is 177 g/mol. The number of carboxylic acids is 1. The minimum atomic E-state index is -0.750. The van der Waals surface area contributed by atoms with Gasteiger partial charge in [0.2, 0.25) is 0 Å². The fraction of sp³-hybridized carbons (Fsp3) is 0.400. The van der Waals surface area contributed by atoms with Crippen LogP contribution in [0.15, 0.2) is 18.3 Å². The van der Waals surface area contributed by atoms with Crippen molar-refractivity contribution in [2.45, 2.75) is 25.2 Å². The van der Waals surface area contributed by atoms with Crippen LogP contribution in [0.1, 0.15) is 30.0 Å². The molecule has 0 radical (unpaired) electrons. The molecule has 0 saturated heterocycles. The Balaban J connectivity index is 2.42. The van der Waals surface area contributed by atoms with Crippen molar-refractivity contribution >= 4 is 5.97 Å². The van der Waals surface area contributed by atoms with Crippen LogP contribution in [0.4, 0.5) is 0 Å². The lowest BCUT2D eigenvalue weighted by molar-refractivity contribution is -0.139. The highest BCUT2D eigenvalue weighted by molar-refractivity contribution is 5.76. The highest BCUT2D eigenvalue weighted by Crippen LogP contribution is 2.29. The molecule has 1 aliphatic rings. The molecule has 1 heterocycles. The maximum atomic E-state index is 10.9. The summed E-state index contributed by atoms with van der Waals surface area (Å²) in [7, 11) is 0. The van der Waals surface area contributed by atoms with E-state index in [1.807, 2.05) is 12.1 Å². The summed E-state index contributed by atoms with van der Waals surface area (Å²) in [6.45, 7) is 0. The molecule has 0 fully saturated rings. The number of aliphatic carboxylic acids is 1. The summed E-state index contributed by atoms with van der Waals surface area (Å²) in [5.74, 6) is -1.13. The standard InChI is InChI=1S/C10H11NO2/c12-10(13)8-5-1-3-7-4-2-6-11-9(7)8/h2,4,6,8H,1,3,5H2,(H,12,13). The molecule has 13 heavy (non-hydrogen) atoms. The van der Waals surface area contributed by atoms with Crippen molar-refractivity contribution in [1.29, 1.82) is 0 Å². The Morgan fingerprint density at radius 1 is 1.62 bits per heavy atom. The molecule has 0 saturated carbocycles. The Kier molecular flexibility index (Phi) is 2.00. The van der Waals surface area contributed by atoms with Gasteiger partial charge < -0.3 is 5.11 Å². The summed E-state index contributed by atoms with van der Waals surface area (Å²) in [6, 6.07) is 3.83. The summed E-state index contributed by atoms with van der Waals surface area (Å²) in [4.78, 5) is 15.0. The first kappa shape index (κ1) is 8.23. The van der Waals surface area contributed by atoms with Crippen LogP contribution in [-0.2, 0) is 11.2 Å². The van der Waals surface area contributed by atoms with Gasteiger partial charge in [0.05, 0.1) is 11.6 Å². The second-order valence-electron chi connectivity index (χ2n) is 3.33. The van der Waals surface area contributed by atoms with Gasteiger partial charge in [0.25, 0.3) is 0 Å². The van der Waals surface area contributed by atoms with Crippen LogP contribution in [-0.4, -0.2) is 16.1 Å². The fourth-order valence-corrected chi connectivity index (χ4v) is 1.85. The lowest BCUT2D eigenvalue weighted by atomic mass is 9.87. The number of pyridine rings is 1. The normalized spacial score (nSPS) is 20.8. The highest BCUT2D eigenvalue weighted by Gasteiger charge is 2.26. The number of fused-ring (bicyclic) bond motifs is 1. The van der Waals surface area contributed by atoms with E-state index in [-0.39, 0.29) is 5.92 Å². The summed E-state index contributed by atoms with van der Waals surface area (Å²) in [5, 5.41) is 8.95. The summed E-state index contributed by atoms with van der Waals surface area (Å²) in [6.07, 6.45) is 4.31. The predicted octanol–water partition coefficient (Wildman–Crippen LogP) is 1.59. The molecule has 2 rings (SSSR count). The average molecular weight is 177 g/mol. The number of aromatic nitrogens is 1. The maximum Gasteiger partial charge on any atom is 0.312 e. The van der Waals surface area contributed by atoms with E-state index in [9.17, 15) is 4.79 Å². The van der Waals surface area contributed by atoms with Gasteiger partial charge in [0.1, 0.15) is 0 Å². The van der Waals surface area contributed by atoms with E-state index in [0.29, 0.717) is 0 Å². The molecule has 1 unspecified atom stereocenters. The molecule has 0 amide bonds. The Morgan fingerprint density at radius 3 is 3.23 bits per heavy atom. The van der Waals surface area contributed by atoms with Crippen LogP contribution < -0.4 is 0 Å². The second-order valence-corrected chi connectivity index (χ2v) is 3.33. The average Bonchev–Trinajstić information content (AvgIpc) is 2.17. The molecule has 1 atom stereocenters. The van der Waals surface area contributed by atoms with Crippen molar-refractivity contribution in [3.63, 3.8) is 0 Å². The minimum Gasteiger partial charge on any atom is -0.481 e. The van der Waals surface area contributed by atoms with Crippen molar-refractivity contribution in [2.24, 2.45) is 0 Å². The fourth-order valence-electron chi connectivity index (χ4n) is 1.85. The van der Waals surface area contributed by atoms with E-state index in [4.69, 9.17) is 5.11 Å². The van der Waals surface area contributed by atoms with Crippen molar-refractivity contribution in [1.82, 2.24) is 4.98 Å². The first-order valence-corrected chi connectivity index (χ1v) is 4.45. The Morgan fingerprint density at radius 2 is 2.46 bits per heavy atom. The molecule has 3 nitrogen and oxygen atoms in total. The van der Waals surface area contributed by atoms with E-state index in [1.165, 1.54) is 0 Å². The summed E-state index contributed by atoms with van der Waals surface area (Å²) < 4.78 is 0. The molecule has 0 aliphatic heterocycles. The molecule has 3 heteroatoms. The van der Waals surface area contributed by atoms with Gasteiger partial charge in [-0.25, -0.2) is 0 Å². The van der Waals surface area contributed by atoms with Crippen molar-refractivity contribution in [3.8, 4) is 0 Å². The highest BCUT2D eigenvalue weighted by atomic mass is 16.4. The van der Waals surface area contributed by atoms with Crippen LogP contribution in [0.5, 0.6) is 0 Å². The first-order valence-electron chi connectivity index (χ1n) is 4.45. The summed E-state index contributed by atoms with van der Waals surface area (Å²) in [5.41, 5.74) is 1.86. The molecule has 1 aromatic rings. The van der Waals surface area contributed by atoms with Crippen molar-refractivity contribution < 1.29 is 9.90 Å². The van der Waals surface area contributed by atoms with Gasteiger partial charge in [-0.2, -0.15) is 0 Å². The number of carboxylic acid groups (broad SMARTS) is 1. The third kappa shape index (κ3) is 1.41. The Hall–Kier alpha value is -1.38. The van der Waals surface area contributed by atoms with Crippen molar-refractivity contribution in [3.05, 3.63) is 29.6 Å². The topological polar surface area (TPSA) is 50.2 Å². The zero-order valence-corrected chi connectivity index (χ0v) is 7.23. The SMILES string of the molecule is O=C(O)C1CCCc2cccnc21. The zero-order valence-electron chi connectivity index (χ0n) is 7.23. The zero-order chi connectivity index (χ0) is 9.26. The summed E-state index contributed by atoms with van der Waals surface area (Å²) >= 11 is 0. The second kappa shape index (κ2) is 3.17. The lowest BCUT2D eigenvalue weighted by Crippen LogP contribution is -2.19. The molecule has 0 aromatic carbocycles. The maximum absolute atomic E-state index is 10.9. The quantitative estimate of drug-likeness (QED) is 0.708. The molecule has 1 aliphatic carbocycles.